The second kappa shape index (κ2) is 4.86. The Labute approximate surface area is 109 Å². The molecule has 2 saturated heterocycles. The van der Waals surface area contributed by atoms with Crippen molar-refractivity contribution in [3.63, 3.8) is 0 Å². The van der Waals surface area contributed by atoms with Crippen LogP contribution in [-0.2, 0) is 16.1 Å². The minimum Gasteiger partial charge on any atom is -0.365 e. The highest BCUT2D eigenvalue weighted by Crippen LogP contribution is 2.19. The Hall–Kier alpha value is -1.53. The van der Waals surface area contributed by atoms with E-state index < -0.39 is 11.6 Å². The van der Waals surface area contributed by atoms with Gasteiger partial charge in [-0.1, -0.05) is 6.07 Å². The fourth-order valence-electron chi connectivity index (χ4n) is 2.62. The molecule has 2 heterocycles. The molecule has 0 aromatic heterocycles. The molecule has 0 radical (unpaired) electrons. The average molecular weight is 268 g/mol. The van der Waals surface area contributed by atoms with Crippen LogP contribution in [0.2, 0.25) is 0 Å². The van der Waals surface area contributed by atoms with Crippen molar-refractivity contribution in [2.45, 2.75) is 18.7 Å². The van der Waals surface area contributed by atoms with Crippen molar-refractivity contribution in [3.8, 4) is 0 Å². The molecule has 3 rings (SSSR count). The molecule has 0 aliphatic carbocycles. The summed E-state index contributed by atoms with van der Waals surface area (Å²) in [6.07, 6.45) is -0.0111. The van der Waals surface area contributed by atoms with Crippen molar-refractivity contribution >= 4 is 5.91 Å². The Morgan fingerprint density at radius 1 is 1.32 bits per heavy atom. The third-order valence-corrected chi connectivity index (χ3v) is 3.51. The Kier molecular flexibility index (Phi) is 3.20. The summed E-state index contributed by atoms with van der Waals surface area (Å²) in [7, 11) is 0. The van der Waals surface area contributed by atoms with Crippen molar-refractivity contribution in [1.82, 2.24) is 10.2 Å². The molecule has 1 N–H and O–H groups in total. The molecule has 1 amide bonds. The van der Waals surface area contributed by atoms with Gasteiger partial charge in [0.2, 0.25) is 5.91 Å². The van der Waals surface area contributed by atoms with E-state index in [0.717, 1.165) is 6.07 Å². The number of halogens is 2. The highest BCUT2D eigenvalue weighted by Gasteiger charge is 2.37. The van der Waals surface area contributed by atoms with E-state index in [9.17, 15) is 13.6 Å². The first-order valence-electron chi connectivity index (χ1n) is 6.19. The zero-order chi connectivity index (χ0) is 13.4. The van der Waals surface area contributed by atoms with Crippen molar-refractivity contribution in [3.05, 3.63) is 35.4 Å². The van der Waals surface area contributed by atoms with Crippen LogP contribution >= 0.6 is 0 Å². The smallest absolute Gasteiger partial charge is 0.246 e. The normalized spacial score (nSPS) is 27.2. The summed E-state index contributed by atoms with van der Waals surface area (Å²) in [4.78, 5) is 13.3. The number of amides is 1. The second-order valence-electron chi connectivity index (χ2n) is 4.97. The van der Waals surface area contributed by atoms with Gasteiger partial charge in [0.1, 0.15) is 6.61 Å². The van der Waals surface area contributed by atoms with Crippen LogP contribution in [0.5, 0.6) is 0 Å². The zero-order valence-electron chi connectivity index (χ0n) is 10.2. The molecule has 2 aliphatic heterocycles. The Morgan fingerprint density at radius 2 is 2.16 bits per heavy atom. The molecule has 0 unspecified atom stereocenters. The summed E-state index contributed by atoms with van der Waals surface area (Å²) in [5, 5.41) is 2.87. The van der Waals surface area contributed by atoms with Gasteiger partial charge in [0.15, 0.2) is 11.6 Å². The number of hydrogen-bond donors (Lipinski definition) is 1. The van der Waals surface area contributed by atoms with E-state index in [1.54, 1.807) is 6.07 Å². The molecular formula is C13H14F2N2O2. The van der Waals surface area contributed by atoms with Crippen molar-refractivity contribution in [2.75, 3.05) is 19.7 Å². The quantitative estimate of drug-likeness (QED) is 0.857. The number of morpholine rings is 1. The van der Waals surface area contributed by atoms with Crippen molar-refractivity contribution in [2.24, 2.45) is 0 Å². The molecule has 102 valence electrons. The minimum absolute atomic E-state index is 0.00783. The molecule has 0 bridgehead atoms. The highest BCUT2D eigenvalue weighted by molar-refractivity contribution is 5.78. The van der Waals surface area contributed by atoms with Gasteiger partial charge in [-0.25, -0.2) is 8.78 Å². The molecule has 0 spiro atoms. The maximum absolute atomic E-state index is 13.1. The van der Waals surface area contributed by atoms with Crippen LogP contribution in [0.15, 0.2) is 18.2 Å². The molecular weight excluding hydrogens is 254 g/mol. The summed E-state index contributed by atoms with van der Waals surface area (Å²) < 4.78 is 31.4. The number of carbonyl (C=O) groups excluding carboxylic acids is 1. The molecule has 6 heteroatoms. The van der Waals surface area contributed by atoms with Gasteiger partial charge in [-0.3, -0.25) is 9.69 Å². The van der Waals surface area contributed by atoms with Crippen LogP contribution in [0.1, 0.15) is 5.56 Å². The SMILES string of the molecule is O=C1CO[C@H]2CN(Cc3ccc(F)c(F)c3)C[C@H]2N1. The monoisotopic (exact) mass is 268 g/mol. The maximum atomic E-state index is 13.1. The van der Waals surface area contributed by atoms with Crippen LogP contribution in [-0.4, -0.2) is 42.6 Å². The lowest BCUT2D eigenvalue weighted by molar-refractivity contribution is -0.134. The lowest BCUT2D eigenvalue weighted by Crippen LogP contribution is -2.50. The topological polar surface area (TPSA) is 41.6 Å². The van der Waals surface area contributed by atoms with Crippen LogP contribution in [0.4, 0.5) is 8.78 Å². The zero-order valence-corrected chi connectivity index (χ0v) is 10.2. The Balaban J connectivity index is 1.65. The number of nitrogens with zero attached hydrogens (tertiary/aromatic N) is 1. The maximum Gasteiger partial charge on any atom is 0.246 e. The highest BCUT2D eigenvalue weighted by atomic mass is 19.2. The van der Waals surface area contributed by atoms with E-state index in [4.69, 9.17) is 4.74 Å². The molecule has 1 aromatic carbocycles. The van der Waals surface area contributed by atoms with E-state index in [1.807, 2.05) is 0 Å². The van der Waals surface area contributed by atoms with Crippen LogP contribution in [0.25, 0.3) is 0 Å². The fourth-order valence-corrected chi connectivity index (χ4v) is 2.62. The number of fused-ring (bicyclic) bond motifs is 1. The summed E-state index contributed by atoms with van der Waals surface area (Å²) >= 11 is 0. The molecule has 2 aliphatic rings. The predicted molar refractivity (Wildman–Crippen MR) is 63.3 cm³/mol. The third kappa shape index (κ3) is 2.59. The van der Waals surface area contributed by atoms with E-state index in [0.29, 0.717) is 25.2 Å². The van der Waals surface area contributed by atoms with Gasteiger partial charge in [0, 0.05) is 19.6 Å². The number of hydrogen-bond acceptors (Lipinski definition) is 3. The van der Waals surface area contributed by atoms with Crippen LogP contribution in [0, 0.1) is 11.6 Å². The molecule has 19 heavy (non-hydrogen) atoms. The number of benzene rings is 1. The van der Waals surface area contributed by atoms with Crippen molar-refractivity contribution < 1.29 is 18.3 Å². The van der Waals surface area contributed by atoms with Gasteiger partial charge in [-0.2, -0.15) is 0 Å². The Morgan fingerprint density at radius 3 is 2.95 bits per heavy atom. The number of carbonyl (C=O) groups is 1. The second-order valence-corrected chi connectivity index (χ2v) is 4.97. The number of likely N-dealkylation sites (tertiary alicyclic amines) is 1. The number of nitrogens with one attached hydrogen (secondary N) is 1. The van der Waals surface area contributed by atoms with Gasteiger partial charge in [-0.05, 0) is 17.7 Å². The average Bonchev–Trinajstić information content (AvgIpc) is 2.75. The van der Waals surface area contributed by atoms with Crippen LogP contribution in [0.3, 0.4) is 0 Å². The minimum atomic E-state index is -0.838. The van der Waals surface area contributed by atoms with Gasteiger partial charge < -0.3 is 10.1 Å². The summed E-state index contributed by atoms with van der Waals surface area (Å²) in [6, 6.07) is 3.90. The first kappa shape index (κ1) is 12.5. The summed E-state index contributed by atoms with van der Waals surface area (Å²) in [6.45, 7) is 1.96. The number of ether oxygens (including phenoxy) is 1. The molecule has 2 fully saturated rings. The van der Waals surface area contributed by atoms with E-state index >= 15 is 0 Å². The standard InChI is InChI=1S/C13H14F2N2O2/c14-9-2-1-8(3-10(9)15)4-17-5-11-12(6-17)19-7-13(18)16-11/h1-3,11-12H,4-7H2,(H,16,18)/t11-,12+/m1/s1. The molecule has 1 aromatic rings. The van der Waals surface area contributed by atoms with Gasteiger partial charge in [-0.15, -0.1) is 0 Å². The summed E-state index contributed by atoms with van der Waals surface area (Å²) in [5.41, 5.74) is 0.712. The number of rotatable bonds is 2. The first-order chi connectivity index (χ1) is 9.11. The lowest BCUT2D eigenvalue weighted by Gasteiger charge is -2.25. The van der Waals surface area contributed by atoms with Gasteiger partial charge in [0.05, 0.1) is 12.1 Å². The van der Waals surface area contributed by atoms with E-state index in [2.05, 4.69) is 10.2 Å². The first-order valence-corrected chi connectivity index (χ1v) is 6.19. The third-order valence-electron chi connectivity index (χ3n) is 3.51. The molecule has 4 nitrogen and oxygen atoms in total. The Bertz CT molecular complexity index is 509. The van der Waals surface area contributed by atoms with Gasteiger partial charge >= 0.3 is 0 Å². The predicted octanol–water partition coefficient (Wildman–Crippen LogP) is 0.664. The molecule has 2 atom stereocenters. The van der Waals surface area contributed by atoms with E-state index in [1.165, 1.54) is 6.07 Å². The fraction of sp³-hybridized carbons (Fsp3) is 0.462. The van der Waals surface area contributed by atoms with Gasteiger partial charge in [0.25, 0.3) is 0 Å². The largest absolute Gasteiger partial charge is 0.365 e. The lowest BCUT2D eigenvalue weighted by atomic mass is 10.2. The van der Waals surface area contributed by atoms with Crippen molar-refractivity contribution in [1.29, 1.82) is 0 Å². The summed E-state index contributed by atoms with van der Waals surface area (Å²) in [5.74, 6) is -1.77. The van der Waals surface area contributed by atoms with E-state index in [-0.39, 0.29) is 24.7 Å². The molecule has 0 saturated carbocycles. The van der Waals surface area contributed by atoms with Crippen LogP contribution < -0.4 is 5.32 Å².